The van der Waals surface area contributed by atoms with Gasteiger partial charge in [0.1, 0.15) is 29.1 Å². The molecule has 0 aliphatic carbocycles. The predicted octanol–water partition coefficient (Wildman–Crippen LogP) is 2.98. The Labute approximate surface area is 96.3 Å². The van der Waals surface area contributed by atoms with E-state index < -0.39 is 11.6 Å². The van der Waals surface area contributed by atoms with Crippen LogP contribution in [0.25, 0.3) is 0 Å². The normalized spacial score (nSPS) is 9.71. The maximum atomic E-state index is 13.3. The lowest BCUT2D eigenvalue weighted by molar-refractivity contribution is 0.591. The van der Waals surface area contributed by atoms with Crippen LogP contribution in [0, 0.1) is 23.0 Å². The molecule has 0 spiro atoms. The number of aromatic nitrogens is 1. The molecule has 84 valence electrons. The van der Waals surface area contributed by atoms with E-state index in [-0.39, 0.29) is 11.4 Å². The molecule has 0 bridgehead atoms. The number of nitrogens with zero attached hydrogens (tertiary/aromatic N) is 2. The van der Waals surface area contributed by atoms with Crippen molar-refractivity contribution in [2.24, 2.45) is 0 Å². The van der Waals surface area contributed by atoms with Crippen molar-refractivity contribution in [3.05, 3.63) is 53.9 Å². The summed E-state index contributed by atoms with van der Waals surface area (Å²) in [5, 5.41) is 11.2. The average Bonchev–Trinajstić information content (AvgIpc) is 2.34. The monoisotopic (exact) mass is 231 g/mol. The zero-order valence-corrected chi connectivity index (χ0v) is 8.61. The van der Waals surface area contributed by atoms with Crippen molar-refractivity contribution in [3.63, 3.8) is 0 Å². The Bertz CT molecular complexity index is 570. The first-order chi connectivity index (χ1) is 8.20. The van der Waals surface area contributed by atoms with Crippen molar-refractivity contribution in [1.82, 2.24) is 4.98 Å². The number of anilines is 2. The molecule has 2 rings (SSSR count). The highest BCUT2D eigenvalue weighted by molar-refractivity contribution is 5.61. The van der Waals surface area contributed by atoms with E-state index in [1.807, 2.05) is 6.07 Å². The molecule has 0 aliphatic heterocycles. The first-order valence-electron chi connectivity index (χ1n) is 4.78. The zero-order valence-electron chi connectivity index (χ0n) is 8.61. The van der Waals surface area contributed by atoms with Crippen LogP contribution in [0.3, 0.4) is 0 Å². The van der Waals surface area contributed by atoms with Crippen molar-refractivity contribution in [2.45, 2.75) is 0 Å². The van der Waals surface area contributed by atoms with E-state index in [1.165, 1.54) is 24.4 Å². The van der Waals surface area contributed by atoms with Gasteiger partial charge in [0.25, 0.3) is 0 Å². The van der Waals surface area contributed by atoms with Crippen molar-refractivity contribution >= 4 is 11.4 Å². The minimum absolute atomic E-state index is 0.173. The number of benzene rings is 1. The molecule has 0 atom stereocenters. The highest BCUT2D eigenvalue weighted by Gasteiger charge is 2.08. The molecule has 5 heteroatoms. The second-order valence-corrected chi connectivity index (χ2v) is 3.26. The van der Waals surface area contributed by atoms with Gasteiger partial charge in [-0.2, -0.15) is 5.26 Å². The molecule has 1 N–H and O–H groups in total. The lowest BCUT2D eigenvalue weighted by atomic mass is 10.2. The van der Waals surface area contributed by atoms with Gasteiger partial charge in [-0.1, -0.05) is 6.07 Å². The summed E-state index contributed by atoms with van der Waals surface area (Å²) in [6.07, 6.45) is 1.39. The van der Waals surface area contributed by atoms with Gasteiger partial charge in [0.15, 0.2) is 0 Å². The Balaban J connectivity index is 2.35. The summed E-state index contributed by atoms with van der Waals surface area (Å²) < 4.78 is 26.7. The number of nitriles is 1. The van der Waals surface area contributed by atoms with Gasteiger partial charge in [0.05, 0.1) is 0 Å². The van der Waals surface area contributed by atoms with Crippen LogP contribution in [0.1, 0.15) is 5.69 Å². The Morgan fingerprint density at radius 2 is 1.88 bits per heavy atom. The summed E-state index contributed by atoms with van der Waals surface area (Å²) in [6.45, 7) is 0. The van der Waals surface area contributed by atoms with Crippen LogP contribution in [0.4, 0.5) is 20.2 Å². The fraction of sp³-hybridized carbons (Fsp3) is 0. The largest absolute Gasteiger partial charge is 0.351 e. The Morgan fingerprint density at radius 3 is 2.53 bits per heavy atom. The smallest absolute Gasteiger partial charge is 0.149 e. The standard InChI is InChI=1S/C12H7F2N3/c13-10-2-1-3-11(14)12(10)17-8-4-5-16-9(6-8)7-15/h1-6H,(H,16,17). The molecule has 3 nitrogen and oxygen atoms in total. The zero-order chi connectivity index (χ0) is 12.3. The minimum Gasteiger partial charge on any atom is -0.351 e. The van der Waals surface area contributed by atoms with Gasteiger partial charge in [-0.3, -0.25) is 0 Å². The molecule has 0 unspecified atom stereocenters. The highest BCUT2D eigenvalue weighted by atomic mass is 19.1. The first-order valence-corrected chi connectivity index (χ1v) is 4.78. The molecule has 0 saturated heterocycles. The van der Waals surface area contributed by atoms with Crippen LogP contribution in [-0.2, 0) is 0 Å². The van der Waals surface area contributed by atoms with Crippen LogP contribution in [0.5, 0.6) is 0 Å². The summed E-state index contributed by atoms with van der Waals surface area (Å²) in [4.78, 5) is 3.76. The maximum absolute atomic E-state index is 13.3. The van der Waals surface area contributed by atoms with Crippen LogP contribution < -0.4 is 5.32 Å². The van der Waals surface area contributed by atoms with E-state index in [4.69, 9.17) is 5.26 Å². The highest BCUT2D eigenvalue weighted by Crippen LogP contribution is 2.22. The van der Waals surface area contributed by atoms with Crippen LogP contribution >= 0.6 is 0 Å². The van der Waals surface area contributed by atoms with Gasteiger partial charge >= 0.3 is 0 Å². The number of nitrogens with one attached hydrogen (secondary N) is 1. The van der Waals surface area contributed by atoms with Crippen LogP contribution in [-0.4, -0.2) is 4.98 Å². The van der Waals surface area contributed by atoms with Crippen LogP contribution in [0.15, 0.2) is 36.5 Å². The molecule has 0 radical (unpaired) electrons. The molecule has 2 aromatic rings. The molecule has 17 heavy (non-hydrogen) atoms. The van der Waals surface area contributed by atoms with Crippen LogP contribution in [0.2, 0.25) is 0 Å². The summed E-state index contributed by atoms with van der Waals surface area (Å²) in [5.41, 5.74) is 0.329. The average molecular weight is 231 g/mol. The molecule has 0 fully saturated rings. The Hall–Kier alpha value is -2.48. The van der Waals surface area contributed by atoms with Crippen molar-refractivity contribution in [2.75, 3.05) is 5.32 Å². The Morgan fingerprint density at radius 1 is 1.18 bits per heavy atom. The molecular weight excluding hydrogens is 224 g/mol. The molecule has 0 aliphatic rings. The summed E-state index contributed by atoms with van der Waals surface area (Å²) in [5.74, 6) is -1.39. The quantitative estimate of drug-likeness (QED) is 0.864. The lowest BCUT2D eigenvalue weighted by Crippen LogP contribution is -1.98. The second-order valence-electron chi connectivity index (χ2n) is 3.26. The van der Waals surface area contributed by atoms with E-state index in [2.05, 4.69) is 10.3 Å². The Kier molecular flexibility index (Phi) is 2.97. The van der Waals surface area contributed by atoms with E-state index in [0.717, 1.165) is 12.1 Å². The van der Waals surface area contributed by atoms with Crippen molar-refractivity contribution in [1.29, 1.82) is 5.26 Å². The fourth-order valence-electron chi connectivity index (χ4n) is 1.33. The predicted molar refractivity (Wildman–Crippen MR) is 58.6 cm³/mol. The number of halogens is 2. The van der Waals surface area contributed by atoms with Gasteiger partial charge < -0.3 is 5.32 Å². The topological polar surface area (TPSA) is 48.7 Å². The van der Waals surface area contributed by atoms with Gasteiger partial charge in [0.2, 0.25) is 0 Å². The molecular formula is C12H7F2N3. The third kappa shape index (κ3) is 2.37. The summed E-state index contributed by atoms with van der Waals surface area (Å²) in [6, 6.07) is 8.35. The van der Waals surface area contributed by atoms with Gasteiger partial charge in [-0.05, 0) is 24.3 Å². The number of pyridine rings is 1. The SMILES string of the molecule is N#Cc1cc(Nc2c(F)cccc2F)ccn1. The number of para-hydroxylation sites is 1. The van der Waals surface area contributed by atoms with E-state index in [9.17, 15) is 8.78 Å². The molecule has 1 heterocycles. The van der Waals surface area contributed by atoms with Crippen molar-refractivity contribution < 1.29 is 8.78 Å². The third-order valence-corrected chi connectivity index (χ3v) is 2.11. The van der Waals surface area contributed by atoms with Gasteiger partial charge in [-0.25, -0.2) is 13.8 Å². The number of hydrogen-bond acceptors (Lipinski definition) is 3. The minimum atomic E-state index is -0.694. The molecule has 0 amide bonds. The van der Waals surface area contributed by atoms with Crippen molar-refractivity contribution in [3.8, 4) is 6.07 Å². The maximum Gasteiger partial charge on any atom is 0.149 e. The molecule has 0 saturated carbocycles. The summed E-state index contributed by atoms with van der Waals surface area (Å²) >= 11 is 0. The van der Waals surface area contributed by atoms with Gasteiger partial charge in [0, 0.05) is 11.9 Å². The number of hydrogen-bond donors (Lipinski definition) is 1. The van der Waals surface area contributed by atoms with E-state index >= 15 is 0 Å². The molecule has 1 aromatic carbocycles. The molecule has 1 aromatic heterocycles. The lowest BCUT2D eigenvalue weighted by Gasteiger charge is -2.08. The summed E-state index contributed by atoms with van der Waals surface area (Å²) in [7, 11) is 0. The third-order valence-electron chi connectivity index (χ3n) is 2.11. The second kappa shape index (κ2) is 4.58. The van der Waals surface area contributed by atoms with Gasteiger partial charge in [-0.15, -0.1) is 0 Å². The fourth-order valence-corrected chi connectivity index (χ4v) is 1.33. The van der Waals surface area contributed by atoms with E-state index in [1.54, 1.807) is 0 Å². The first kappa shape index (κ1) is 11.0. The van der Waals surface area contributed by atoms with E-state index in [0.29, 0.717) is 5.69 Å². The number of rotatable bonds is 2.